The lowest BCUT2D eigenvalue weighted by atomic mass is 10.0. The summed E-state index contributed by atoms with van der Waals surface area (Å²) in [5, 5.41) is 11.4. The van der Waals surface area contributed by atoms with Gasteiger partial charge in [0.2, 0.25) is 0 Å². The summed E-state index contributed by atoms with van der Waals surface area (Å²) < 4.78 is 17.8. The van der Waals surface area contributed by atoms with Gasteiger partial charge in [-0.05, 0) is 79.0 Å². The highest BCUT2D eigenvalue weighted by Crippen LogP contribution is 2.36. The van der Waals surface area contributed by atoms with Gasteiger partial charge in [0.05, 0.1) is 51.9 Å². The Kier molecular flexibility index (Phi) is 16.6. The van der Waals surface area contributed by atoms with E-state index >= 15 is 0 Å². The minimum atomic E-state index is -1.72. The van der Waals surface area contributed by atoms with Crippen LogP contribution in [-0.2, 0) is 19.1 Å². The van der Waals surface area contributed by atoms with Crippen molar-refractivity contribution in [2.75, 3.05) is 21.3 Å². The normalized spacial score (nSPS) is 11.8. The van der Waals surface area contributed by atoms with Gasteiger partial charge in [0.25, 0.3) is 0 Å². The van der Waals surface area contributed by atoms with Gasteiger partial charge >= 0.3 is 23.3 Å². The number of halogens is 5. The zero-order valence-electron chi connectivity index (χ0n) is 24.6. The molecule has 4 rings (SSSR count). The zero-order chi connectivity index (χ0) is 34.0. The van der Waals surface area contributed by atoms with E-state index in [2.05, 4.69) is 41.3 Å². The van der Waals surface area contributed by atoms with Crippen LogP contribution in [0.3, 0.4) is 0 Å². The quantitative estimate of drug-likeness (QED) is 0.101. The number of hydrogen-bond donors (Lipinski definition) is 1. The molecule has 0 bridgehead atoms. The Balaban J connectivity index is 0.000000281. The van der Waals surface area contributed by atoms with Crippen molar-refractivity contribution in [3.8, 4) is 11.5 Å². The molecule has 2 heterocycles. The highest BCUT2D eigenvalue weighted by Gasteiger charge is 2.21. The number of rotatable bonds is 9. The summed E-state index contributed by atoms with van der Waals surface area (Å²) >= 11 is 7.71. The van der Waals surface area contributed by atoms with Crippen molar-refractivity contribution in [3.05, 3.63) is 55.1 Å². The van der Waals surface area contributed by atoms with E-state index in [1.54, 1.807) is 39.2 Å². The maximum absolute atomic E-state index is 12.2. The first-order valence-corrected chi connectivity index (χ1v) is 21.4. The number of esters is 2. The summed E-state index contributed by atoms with van der Waals surface area (Å²) in [6.45, 7) is 3.36. The average molecular weight is 862 g/mol. The first-order chi connectivity index (χ1) is 21.1. The molecule has 16 heteroatoms. The fourth-order valence-electron chi connectivity index (χ4n) is 3.85. The molecule has 0 fully saturated rings. The van der Waals surface area contributed by atoms with Crippen LogP contribution in [0.4, 0.5) is 0 Å². The number of hydrogen-bond acceptors (Lipinski definition) is 10. The van der Waals surface area contributed by atoms with Crippen LogP contribution >= 0.6 is 84.7 Å². The molecule has 0 amide bonds. The number of carbonyl (C=O) groups is 4. The van der Waals surface area contributed by atoms with Gasteiger partial charge in [0.1, 0.15) is 11.5 Å². The van der Waals surface area contributed by atoms with Crippen molar-refractivity contribution in [2.24, 2.45) is 11.8 Å². The third-order valence-electron chi connectivity index (χ3n) is 6.12. The van der Waals surface area contributed by atoms with E-state index in [-0.39, 0.29) is 42.1 Å². The number of fused-ring (bicyclic) bond motifs is 2. The number of ketones is 2. The number of phenolic OH excluding ortho intramolecular Hbond substituents is 1. The van der Waals surface area contributed by atoms with E-state index in [1.807, 2.05) is 18.2 Å². The van der Waals surface area contributed by atoms with Crippen LogP contribution < -0.4 is 4.74 Å². The van der Waals surface area contributed by atoms with Crippen molar-refractivity contribution < 1.29 is 38.5 Å². The topological polar surface area (TPSA) is 116 Å². The second-order valence-electron chi connectivity index (χ2n) is 9.44. The third kappa shape index (κ3) is 12.0. The highest BCUT2D eigenvalue weighted by atomic mass is 79.9. The molecule has 0 saturated carbocycles. The van der Waals surface area contributed by atoms with Gasteiger partial charge in [-0.25, -0.2) is 30.1 Å². The maximum atomic E-state index is 12.2. The summed E-state index contributed by atoms with van der Waals surface area (Å²) in [5.41, 5.74) is 0. The summed E-state index contributed by atoms with van der Waals surface area (Å²) in [4.78, 5) is 48.3. The monoisotopic (exact) mass is 858 g/mol. The van der Waals surface area contributed by atoms with Crippen molar-refractivity contribution in [3.63, 3.8) is 0 Å². The molecule has 0 saturated heterocycles. The first kappa shape index (κ1) is 39.8. The lowest BCUT2D eigenvalue weighted by Gasteiger charge is -2.06. The third-order valence-corrected chi connectivity index (χ3v) is 9.65. The molecular formula is C29H28AlBr2Cl3O8S2. The molecule has 0 aliphatic rings. The Morgan fingerprint density at radius 2 is 1.16 bits per heavy atom. The van der Waals surface area contributed by atoms with E-state index in [1.165, 1.54) is 36.9 Å². The summed E-state index contributed by atoms with van der Waals surface area (Å²) in [7, 11) is 19.1. The van der Waals surface area contributed by atoms with Crippen LogP contribution in [0.1, 0.15) is 46.0 Å². The molecule has 0 unspecified atom stereocenters. The Morgan fingerprint density at radius 3 is 1.56 bits per heavy atom. The molecule has 2 aromatic heterocycles. The molecule has 0 spiro atoms. The van der Waals surface area contributed by atoms with Crippen molar-refractivity contribution in [1.29, 1.82) is 0 Å². The van der Waals surface area contributed by atoms with Crippen molar-refractivity contribution in [1.82, 2.24) is 0 Å². The van der Waals surface area contributed by atoms with Crippen LogP contribution in [0.5, 0.6) is 11.5 Å². The van der Waals surface area contributed by atoms with E-state index < -0.39 is 23.2 Å². The van der Waals surface area contributed by atoms with Gasteiger partial charge in [-0.2, -0.15) is 0 Å². The van der Waals surface area contributed by atoms with Crippen LogP contribution in [0.2, 0.25) is 0 Å². The molecule has 1 N–H and O–H groups in total. The second kappa shape index (κ2) is 18.8. The Morgan fingerprint density at radius 1 is 0.756 bits per heavy atom. The molecule has 2 atom stereocenters. The number of ether oxygens (including phenoxy) is 3. The summed E-state index contributed by atoms with van der Waals surface area (Å²) in [6, 6.07) is 10.8. The molecule has 45 heavy (non-hydrogen) atoms. The van der Waals surface area contributed by atoms with Gasteiger partial charge < -0.3 is 19.3 Å². The minimum absolute atomic E-state index is 0.0517. The smallest absolute Gasteiger partial charge is 0.507 e. The Hall–Kier alpha value is -1.40. The predicted molar refractivity (Wildman–Crippen MR) is 191 cm³/mol. The SMILES string of the molecule is COC(=O)[C@@H](C)CC(=O)c1cc2cc(O)c(Br)cc2s1.COC(=O)[C@@H](C)CC(=O)c1cc2cc(OC)c(Br)cc2s1.[Cl][Al]([Cl])[Cl]. The van der Waals surface area contributed by atoms with Crippen LogP contribution in [-0.4, -0.2) is 61.3 Å². The van der Waals surface area contributed by atoms with Crippen LogP contribution in [0.15, 0.2) is 45.3 Å². The largest absolute Gasteiger partial charge is 0.643 e. The second-order valence-corrected chi connectivity index (χ2v) is 19.7. The molecule has 0 aliphatic carbocycles. The number of aromatic hydroxyl groups is 1. The molecular weight excluding hydrogens is 834 g/mol. The zero-order valence-corrected chi connectivity index (χ0v) is 32.8. The maximum Gasteiger partial charge on any atom is 0.643 e. The van der Waals surface area contributed by atoms with E-state index in [0.29, 0.717) is 14.2 Å². The molecule has 242 valence electrons. The van der Waals surface area contributed by atoms with Gasteiger partial charge in [-0.3, -0.25) is 19.2 Å². The predicted octanol–water partition coefficient (Wildman–Crippen LogP) is 9.49. The number of phenols is 1. The van der Waals surface area contributed by atoms with Crippen LogP contribution in [0.25, 0.3) is 20.2 Å². The minimum Gasteiger partial charge on any atom is -0.507 e. The molecule has 4 aromatic rings. The fraction of sp³-hybridized carbons (Fsp3) is 0.310. The first-order valence-electron chi connectivity index (χ1n) is 12.9. The highest BCUT2D eigenvalue weighted by molar-refractivity contribution is 9.11. The van der Waals surface area contributed by atoms with Gasteiger partial charge in [-0.15, -0.1) is 22.7 Å². The number of Topliss-reactive ketones (excluding diaryl/α,β-unsaturated/α-hetero) is 2. The average Bonchev–Trinajstić information content (AvgIpc) is 3.59. The molecule has 0 radical (unpaired) electrons. The Labute approximate surface area is 302 Å². The number of thiophene rings is 2. The van der Waals surface area contributed by atoms with Crippen LogP contribution in [0, 0.1) is 11.8 Å². The number of benzene rings is 2. The standard InChI is InChI=1S/C15H15BrO4S.C14H13BrO4S.Al.3ClH/c1-8(15(18)20-3)4-11(17)14-6-9-5-12(19-2)10(16)7-13(9)21-14;1-7(14(18)19-2)3-11(17)13-5-8-4-10(16)9(15)6-12(8)20-13;;;;/h5-8H,4H2,1-3H3;4-7,16H,3H2,1-2H3;;3*1H/q;;+3;;;/p-3/t8-;7-;;;;/m00..../s1. The van der Waals surface area contributed by atoms with Crippen molar-refractivity contribution in [2.45, 2.75) is 26.7 Å². The van der Waals surface area contributed by atoms with E-state index in [0.717, 1.165) is 30.4 Å². The summed E-state index contributed by atoms with van der Waals surface area (Å²) in [5.74, 6) is -0.941. The molecule has 0 aliphatic heterocycles. The van der Waals surface area contributed by atoms with Gasteiger partial charge in [-0.1, -0.05) is 13.8 Å². The van der Waals surface area contributed by atoms with E-state index in [9.17, 15) is 24.3 Å². The number of methoxy groups -OCH3 is 3. The molecule has 8 nitrogen and oxygen atoms in total. The summed E-state index contributed by atoms with van der Waals surface area (Å²) in [6.07, 6.45) is 0.268. The fourth-order valence-corrected chi connectivity index (χ4v) is 7.07. The van der Waals surface area contributed by atoms with Gasteiger partial charge in [0, 0.05) is 22.2 Å². The number of carbonyl (C=O) groups excluding carboxylic acids is 4. The van der Waals surface area contributed by atoms with E-state index in [4.69, 9.17) is 34.9 Å². The van der Waals surface area contributed by atoms with Crippen molar-refractivity contribution >= 4 is 140 Å². The molecule has 2 aromatic carbocycles. The lowest BCUT2D eigenvalue weighted by Crippen LogP contribution is -2.16. The lowest BCUT2D eigenvalue weighted by molar-refractivity contribution is -0.145. The Bertz CT molecular complexity index is 1640. The van der Waals surface area contributed by atoms with Gasteiger partial charge in [0.15, 0.2) is 11.6 Å².